The van der Waals surface area contributed by atoms with Crippen LogP contribution in [0.25, 0.3) is 0 Å². The summed E-state index contributed by atoms with van der Waals surface area (Å²) < 4.78 is 4.81. The lowest BCUT2D eigenvalue weighted by molar-refractivity contribution is -0.138. The Balaban J connectivity index is 3.19. The molecule has 1 aliphatic rings. The van der Waals surface area contributed by atoms with Gasteiger partial charge < -0.3 is 10.5 Å². The molecule has 1 heterocycles. The Morgan fingerprint density at radius 2 is 2.16 bits per heavy atom. The van der Waals surface area contributed by atoms with Gasteiger partial charge in [0.15, 0.2) is 5.92 Å². The first-order chi connectivity index (χ1) is 9.08. The molecule has 0 aromatic carbocycles. The maximum absolute atomic E-state index is 11.6. The minimum atomic E-state index is -1.15. The van der Waals surface area contributed by atoms with Crippen LogP contribution in [0.3, 0.4) is 0 Å². The Morgan fingerprint density at radius 3 is 2.63 bits per heavy atom. The lowest BCUT2D eigenvalue weighted by Gasteiger charge is -2.20. The number of esters is 1. The quantitative estimate of drug-likeness (QED) is 0.725. The van der Waals surface area contributed by atoms with Crippen molar-refractivity contribution in [2.75, 3.05) is 6.61 Å². The maximum atomic E-state index is 11.6. The monoisotopic (exact) mass is 257 g/mol. The molecule has 1 atom stereocenters. The predicted molar refractivity (Wildman–Crippen MR) is 63.7 cm³/mol. The number of hydrogen-bond donors (Lipinski definition) is 1. The van der Waals surface area contributed by atoms with Crippen LogP contribution in [-0.2, 0) is 9.53 Å². The third-order valence-electron chi connectivity index (χ3n) is 2.56. The number of carbonyl (C=O) groups excluding carboxylic acids is 1. The number of ether oxygens (including phenoxy) is 1. The SMILES string of the molecule is CCOC(=O)C1=C(N)N=C(C(C#N)C#N)C(C#N)C1. The minimum Gasteiger partial charge on any atom is -0.463 e. The van der Waals surface area contributed by atoms with Gasteiger partial charge in [0.25, 0.3) is 0 Å². The van der Waals surface area contributed by atoms with Crippen molar-refractivity contribution < 1.29 is 9.53 Å². The fourth-order valence-corrected chi connectivity index (χ4v) is 1.64. The third-order valence-corrected chi connectivity index (χ3v) is 2.56. The number of rotatable bonds is 3. The number of aliphatic imine (C=N–C) groups is 1. The molecular weight excluding hydrogens is 246 g/mol. The molecule has 0 aliphatic carbocycles. The highest BCUT2D eigenvalue weighted by Crippen LogP contribution is 2.25. The van der Waals surface area contributed by atoms with E-state index in [2.05, 4.69) is 4.99 Å². The first kappa shape index (κ1) is 14.2. The second kappa shape index (κ2) is 6.18. The van der Waals surface area contributed by atoms with Crippen LogP contribution < -0.4 is 5.73 Å². The van der Waals surface area contributed by atoms with Crippen LogP contribution in [0.15, 0.2) is 16.4 Å². The lowest BCUT2D eigenvalue weighted by Crippen LogP contribution is -2.29. The number of nitrogens with zero attached hydrogens (tertiary/aromatic N) is 4. The molecule has 0 radical (unpaired) electrons. The molecule has 1 aliphatic heterocycles. The summed E-state index contributed by atoms with van der Waals surface area (Å²) in [7, 11) is 0. The van der Waals surface area contributed by atoms with Gasteiger partial charge in [0.1, 0.15) is 5.82 Å². The molecule has 19 heavy (non-hydrogen) atoms. The van der Waals surface area contributed by atoms with Gasteiger partial charge in [0.05, 0.1) is 42.0 Å². The molecule has 0 spiro atoms. The van der Waals surface area contributed by atoms with Gasteiger partial charge in [0.2, 0.25) is 0 Å². The zero-order valence-corrected chi connectivity index (χ0v) is 10.3. The fraction of sp³-hybridized carbons (Fsp3) is 0.417. The van der Waals surface area contributed by atoms with Crippen LogP contribution in [0.4, 0.5) is 0 Å². The van der Waals surface area contributed by atoms with Crippen LogP contribution in [0.2, 0.25) is 0 Å². The van der Waals surface area contributed by atoms with Crippen LogP contribution >= 0.6 is 0 Å². The molecule has 0 saturated heterocycles. The summed E-state index contributed by atoms with van der Waals surface area (Å²) in [5, 5.41) is 26.7. The second-order valence-electron chi connectivity index (χ2n) is 3.70. The van der Waals surface area contributed by atoms with Gasteiger partial charge in [-0.25, -0.2) is 9.79 Å². The molecule has 7 nitrogen and oxygen atoms in total. The van der Waals surface area contributed by atoms with Gasteiger partial charge in [-0.2, -0.15) is 15.8 Å². The molecular formula is C12H11N5O2. The zero-order valence-electron chi connectivity index (χ0n) is 10.3. The number of nitriles is 3. The molecule has 7 heteroatoms. The summed E-state index contributed by atoms with van der Waals surface area (Å²) in [4.78, 5) is 15.5. The van der Waals surface area contributed by atoms with Crippen molar-refractivity contribution in [2.24, 2.45) is 22.6 Å². The molecule has 0 fully saturated rings. The number of hydrogen-bond acceptors (Lipinski definition) is 7. The van der Waals surface area contributed by atoms with Crippen LogP contribution in [-0.4, -0.2) is 18.3 Å². The molecule has 96 valence electrons. The Bertz CT molecular complexity index is 556. The number of carbonyl (C=O) groups is 1. The van der Waals surface area contributed by atoms with E-state index in [9.17, 15) is 4.79 Å². The van der Waals surface area contributed by atoms with Crippen molar-refractivity contribution >= 4 is 11.7 Å². The van der Waals surface area contributed by atoms with Crippen molar-refractivity contribution in [3.8, 4) is 18.2 Å². The predicted octanol–water partition coefficient (Wildman–Crippen LogP) is 0.368. The maximum Gasteiger partial charge on any atom is 0.337 e. The van der Waals surface area contributed by atoms with Crippen LogP contribution in [0, 0.1) is 45.8 Å². The van der Waals surface area contributed by atoms with Gasteiger partial charge >= 0.3 is 5.97 Å². The molecule has 1 rings (SSSR count). The Kier molecular flexibility index (Phi) is 4.62. The fourth-order valence-electron chi connectivity index (χ4n) is 1.64. The normalized spacial score (nSPS) is 18.1. The van der Waals surface area contributed by atoms with Crippen molar-refractivity contribution in [3.05, 3.63) is 11.4 Å². The molecule has 0 bridgehead atoms. The molecule has 0 aromatic heterocycles. The van der Waals surface area contributed by atoms with Crippen molar-refractivity contribution in [1.29, 1.82) is 15.8 Å². The molecule has 1 unspecified atom stereocenters. The van der Waals surface area contributed by atoms with Gasteiger partial charge in [-0.15, -0.1) is 0 Å². The minimum absolute atomic E-state index is 0.000139. The first-order valence-corrected chi connectivity index (χ1v) is 5.52. The number of nitrogens with two attached hydrogens (primary N) is 1. The second-order valence-corrected chi connectivity index (χ2v) is 3.70. The van der Waals surface area contributed by atoms with Gasteiger partial charge in [-0.05, 0) is 6.92 Å². The van der Waals surface area contributed by atoms with Crippen molar-refractivity contribution in [1.82, 2.24) is 0 Å². The van der Waals surface area contributed by atoms with Gasteiger partial charge in [-0.1, -0.05) is 0 Å². The van der Waals surface area contributed by atoms with E-state index >= 15 is 0 Å². The zero-order chi connectivity index (χ0) is 14.4. The van der Waals surface area contributed by atoms with Crippen molar-refractivity contribution in [3.63, 3.8) is 0 Å². The van der Waals surface area contributed by atoms with Gasteiger partial charge in [0, 0.05) is 6.42 Å². The van der Waals surface area contributed by atoms with E-state index in [1.165, 1.54) is 0 Å². The summed E-state index contributed by atoms with van der Waals surface area (Å²) in [6, 6.07) is 5.40. The smallest absolute Gasteiger partial charge is 0.337 e. The summed E-state index contributed by atoms with van der Waals surface area (Å²) in [6.07, 6.45) is -0.000139. The van der Waals surface area contributed by atoms with Crippen molar-refractivity contribution in [2.45, 2.75) is 13.3 Å². The summed E-state index contributed by atoms with van der Waals surface area (Å²) in [6.45, 7) is 1.83. The van der Waals surface area contributed by atoms with E-state index in [1.807, 2.05) is 6.07 Å². The van der Waals surface area contributed by atoms with E-state index in [0.717, 1.165) is 0 Å². The Hall–Kier alpha value is -2.85. The van der Waals surface area contributed by atoms with E-state index in [4.69, 9.17) is 26.3 Å². The van der Waals surface area contributed by atoms with Gasteiger partial charge in [-0.3, -0.25) is 0 Å². The standard InChI is InChI=1S/C12H11N5O2/c1-2-19-12(18)9-3-7(4-13)10(17-11(9)16)8(5-14)6-15/h7-8H,2-3,16H2,1H3. The topological polar surface area (TPSA) is 136 Å². The summed E-state index contributed by atoms with van der Waals surface area (Å²) in [5.41, 5.74) is 5.81. The van der Waals surface area contributed by atoms with Crippen LogP contribution in [0.1, 0.15) is 13.3 Å². The average molecular weight is 257 g/mol. The molecule has 0 aromatic rings. The van der Waals surface area contributed by atoms with E-state index in [-0.39, 0.29) is 30.1 Å². The Labute approximate surface area is 110 Å². The molecule has 2 N–H and O–H groups in total. The highest BCUT2D eigenvalue weighted by Gasteiger charge is 2.32. The van der Waals surface area contributed by atoms with E-state index < -0.39 is 17.8 Å². The van der Waals surface area contributed by atoms with Crippen LogP contribution in [0.5, 0.6) is 0 Å². The Morgan fingerprint density at radius 1 is 1.53 bits per heavy atom. The molecule has 0 amide bonds. The average Bonchev–Trinajstić information content (AvgIpc) is 2.40. The summed E-state index contributed by atoms with van der Waals surface area (Å²) in [5.74, 6) is -2.70. The molecule has 0 saturated carbocycles. The van der Waals surface area contributed by atoms with E-state index in [1.54, 1.807) is 19.1 Å². The first-order valence-electron chi connectivity index (χ1n) is 5.52. The highest BCUT2D eigenvalue weighted by molar-refractivity contribution is 6.00. The highest BCUT2D eigenvalue weighted by atomic mass is 16.5. The largest absolute Gasteiger partial charge is 0.463 e. The summed E-state index contributed by atoms with van der Waals surface area (Å²) >= 11 is 0. The lowest BCUT2D eigenvalue weighted by atomic mass is 9.87. The third kappa shape index (κ3) is 2.88. The van der Waals surface area contributed by atoms with E-state index in [0.29, 0.717) is 0 Å².